The molecule has 0 heterocycles. The van der Waals surface area contributed by atoms with Crippen LogP contribution in [0.2, 0.25) is 0 Å². The van der Waals surface area contributed by atoms with Gasteiger partial charge in [0.2, 0.25) is 0 Å². The summed E-state index contributed by atoms with van der Waals surface area (Å²) in [5.41, 5.74) is 4.71. The van der Waals surface area contributed by atoms with Crippen molar-refractivity contribution in [2.75, 3.05) is 12.4 Å². The van der Waals surface area contributed by atoms with Crippen LogP contribution in [0.25, 0.3) is 11.1 Å². The highest BCUT2D eigenvalue weighted by molar-refractivity contribution is 8.77. The van der Waals surface area contributed by atoms with Crippen LogP contribution in [-0.2, 0) is 9.53 Å². The summed E-state index contributed by atoms with van der Waals surface area (Å²) in [5, 5.41) is 2.66. The minimum atomic E-state index is -0.560. The predicted molar refractivity (Wildman–Crippen MR) is 118 cm³/mol. The summed E-state index contributed by atoms with van der Waals surface area (Å²) in [7, 11) is 3.26. The van der Waals surface area contributed by atoms with Crippen molar-refractivity contribution in [3.05, 3.63) is 59.7 Å². The topological polar surface area (TPSA) is 55.4 Å². The first-order valence-electron chi connectivity index (χ1n) is 9.26. The van der Waals surface area contributed by atoms with E-state index in [2.05, 4.69) is 50.4 Å². The van der Waals surface area contributed by atoms with Crippen molar-refractivity contribution >= 4 is 34.0 Å². The summed E-state index contributed by atoms with van der Waals surface area (Å²) in [6, 6.07) is 15.8. The molecule has 2 aromatic carbocycles. The zero-order chi connectivity index (χ0) is 20.1. The lowest BCUT2D eigenvalue weighted by atomic mass is 9.98. The van der Waals surface area contributed by atoms with Crippen molar-refractivity contribution in [2.24, 2.45) is 0 Å². The molecule has 0 saturated carbocycles. The number of ether oxygens (including phenoxy) is 1. The molecule has 0 aliphatic heterocycles. The smallest absolute Gasteiger partial charge is 0.407 e. The number of carbonyl (C=O) groups is 2. The second kappa shape index (κ2) is 9.05. The van der Waals surface area contributed by atoms with Crippen molar-refractivity contribution in [3.63, 3.8) is 0 Å². The highest BCUT2D eigenvalue weighted by Crippen LogP contribution is 2.44. The third-order valence-electron chi connectivity index (χ3n) is 4.37. The SMILES string of the molecule is CC(C)(C)SSC[C@@H](C=O)NC(=O)OCC1c2ccccc2-c2ccccc21. The van der Waals surface area contributed by atoms with Gasteiger partial charge in [0.1, 0.15) is 12.9 Å². The Bertz CT molecular complexity index is 802. The largest absolute Gasteiger partial charge is 0.449 e. The number of alkyl carbamates (subject to hydrolysis) is 1. The predicted octanol–water partition coefficient (Wildman–Crippen LogP) is 5.27. The van der Waals surface area contributed by atoms with Crippen molar-refractivity contribution in [1.29, 1.82) is 0 Å². The summed E-state index contributed by atoms with van der Waals surface area (Å²) in [5.74, 6) is 0.522. The zero-order valence-corrected chi connectivity index (χ0v) is 17.9. The molecule has 1 amide bonds. The highest BCUT2D eigenvalue weighted by Gasteiger charge is 2.29. The van der Waals surface area contributed by atoms with Crippen LogP contribution < -0.4 is 5.32 Å². The van der Waals surface area contributed by atoms with Crippen LogP contribution in [0.3, 0.4) is 0 Å². The lowest BCUT2D eigenvalue weighted by Gasteiger charge is -2.19. The number of hydrogen-bond donors (Lipinski definition) is 1. The molecule has 0 radical (unpaired) electrons. The third-order valence-corrected chi connectivity index (χ3v) is 7.74. The fourth-order valence-electron chi connectivity index (χ4n) is 3.19. The maximum atomic E-state index is 12.2. The highest BCUT2D eigenvalue weighted by atomic mass is 33.1. The fourth-order valence-corrected chi connectivity index (χ4v) is 5.63. The Kier molecular flexibility index (Phi) is 6.73. The van der Waals surface area contributed by atoms with Gasteiger partial charge in [-0.15, -0.1) is 0 Å². The molecule has 148 valence electrons. The quantitative estimate of drug-likeness (QED) is 0.493. The average molecular weight is 416 g/mol. The summed E-state index contributed by atoms with van der Waals surface area (Å²) in [6.45, 7) is 6.58. The molecule has 1 atom stereocenters. The standard InChI is InChI=1S/C22H25NO3S2/c1-22(2,3)28-27-14-15(12-24)23-21(25)26-13-20-18-10-6-4-8-16(18)17-9-5-7-11-19(17)20/h4-12,15,20H,13-14H2,1-3H3,(H,23,25)/t15-/m1/s1. The second-order valence-corrected chi connectivity index (χ2v) is 10.9. The van der Waals surface area contributed by atoms with E-state index in [1.807, 2.05) is 24.3 Å². The molecule has 0 unspecified atom stereocenters. The van der Waals surface area contributed by atoms with Crippen LogP contribution in [0.1, 0.15) is 37.8 Å². The number of fused-ring (bicyclic) bond motifs is 3. The first kappa shape index (κ1) is 20.8. The van der Waals surface area contributed by atoms with Gasteiger partial charge in [0, 0.05) is 16.4 Å². The van der Waals surface area contributed by atoms with Crippen LogP contribution in [0.15, 0.2) is 48.5 Å². The third kappa shape index (κ3) is 5.11. The molecule has 1 aliphatic rings. The molecule has 1 aliphatic carbocycles. The van der Waals surface area contributed by atoms with Gasteiger partial charge >= 0.3 is 6.09 Å². The Morgan fingerprint density at radius 3 is 2.21 bits per heavy atom. The molecule has 0 spiro atoms. The van der Waals surface area contributed by atoms with E-state index in [0.29, 0.717) is 5.75 Å². The van der Waals surface area contributed by atoms with Crippen molar-refractivity contribution < 1.29 is 14.3 Å². The molecule has 6 heteroatoms. The van der Waals surface area contributed by atoms with Crippen LogP contribution in [0.5, 0.6) is 0 Å². The Hall–Kier alpha value is -1.92. The van der Waals surface area contributed by atoms with Crippen LogP contribution in [0.4, 0.5) is 4.79 Å². The molecule has 0 aromatic heterocycles. The summed E-state index contributed by atoms with van der Waals surface area (Å²) >= 11 is 0. The number of amides is 1. The maximum absolute atomic E-state index is 12.2. The normalized spacial score (nSPS) is 14.1. The number of carbonyl (C=O) groups excluding carboxylic acids is 2. The van der Waals surface area contributed by atoms with E-state index in [-0.39, 0.29) is 17.3 Å². The monoisotopic (exact) mass is 415 g/mol. The van der Waals surface area contributed by atoms with E-state index >= 15 is 0 Å². The Morgan fingerprint density at radius 2 is 1.68 bits per heavy atom. The van der Waals surface area contributed by atoms with Gasteiger partial charge in [0.25, 0.3) is 0 Å². The van der Waals surface area contributed by atoms with E-state index in [9.17, 15) is 9.59 Å². The van der Waals surface area contributed by atoms with Gasteiger partial charge in [-0.25, -0.2) is 4.79 Å². The van der Waals surface area contributed by atoms with Crippen molar-refractivity contribution in [3.8, 4) is 11.1 Å². The molecular weight excluding hydrogens is 390 g/mol. The fraction of sp³-hybridized carbons (Fsp3) is 0.364. The summed E-state index contributed by atoms with van der Waals surface area (Å²) in [6.07, 6.45) is 0.206. The van der Waals surface area contributed by atoms with E-state index < -0.39 is 12.1 Å². The summed E-state index contributed by atoms with van der Waals surface area (Å²) < 4.78 is 5.59. The first-order chi connectivity index (χ1) is 13.4. The molecule has 3 rings (SSSR count). The molecule has 28 heavy (non-hydrogen) atoms. The molecule has 0 bridgehead atoms. The van der Waals surface area contributed by atoms with Gasteiger partial charge in [0.05, 0.1) is 6.04 Å². The molecule has 0 saturated heterocycles. The molecule has 1 N–H and O–H groups in total. The Labute approximate surface area is 174 Å². The molecule has 2 aromatic rings. The number of hydrogen-bond acceptors (Lipinski definition) is 5. The van der Waals surface area contributed by atoms with E-state index in [4.69, 9.17) is 4.74 Å². The minimum absolute atomic E-state index is 0.0126. The number of benzene rings is 2. The number of aldehydes is 1. The average Bonchev–Trinajstić information content (AvgIpc) is 2.98. The van der Waals surface area contributed by atoms with Gasteiger partial charge in [-0.2, -0.15) is 0 Å². The van der Waals surface area contributed by atoms with Crippen LogP contribution in [-0.4, -0.2) is 35.5 Å². The van der Waals surface area contributed by atoms with Gasteiger partial charge in [-0.05, 0) is 22.3 Å². The lowest BCUT2D eigenvalue weighted by Crippen LogP contribution is -2.38. The van der Waals surface area contributed by atoms with E-state index in [1.54, 1.807) is 21.6 Å². The molecule has 4 nitrogen and oxygen atoms in total. The minimum Gasteiger partial charge on any atom is -0.449 e. The van der Waals surface area contributed by atoms with E-state index in [1.165, 1.54) is 22.3 Å². The molecule has 0 fully saturated rings. The van der Waals surface area contributed by atoms with Gasteiger partial charge in [-0.1, -0.05) is 90.9 Å². The van der Waals surface area contributed by atoms with Crippen molar-refractivity contribution in [1.82, 2.24) is 5.32 Å². The van der Waals surface area contributed by atoms with E-state index in [0.717, 1.165) is 6.29 Å². The van der Waals surface area contributed by atoms with Crippen molar-refractivity contribution in [2.45, 2.75) is 37.5 Å². The van der Waals surface area contributed by atoms with Crippen LogP contribution >= 0.6 is 21.6 Å². The first-order valence-corrected chi connectivity index (χ1v) is 11.6. The second-order valence-electron chi connectivity index (χ2n) is 7.69. The van der Waals surface area contributed by atoms with Gasteiger partial charge < -0.3 is 14.8 Å². The lowest BCUT2D eigenvalue weighted by molar-refractivity contribution is -0.109. The zero-order valence-electron chi connectivity index (χ0n) is 16.3. The van der Waals surface area contributed by atoms with Gasteiger partial charge in [0.15, 0.2) is 0 Å². The maximum Gasteiger partial charge on any atom is 0.407 e. The summed E-state index contributed by atoms with van der Waals surface area (Å²) in [4.78, 5) is 23.5. The van der Waals surface area contributed by atoms with Crippen LogP contribution in [0, 0.1) is 0 Å². The number of nitrogens with one attached hydrogen (secondary N) is 1. The Morgan fingerprint density at radius 1 is 1.11 bits per heavy atom. The van der Waals surface area contributed by atoms with Gasteiger partial charge in [-0.3, -0.25) is 0 Å². The molecular formula is C22H25NO3S2. The Balaban J connectivity index is 1.58. The number of rotatable bonds is 7.